The highest BCUT2D eigenvalue weighted by Gasteiger charge is 2.17. The Labute approximate surface area is 176 Å². The topological polar surface area (TPSA) is 86.3 Å². The lowest BCUT2D eigenvalue weighted by atomic mass is 10.1. The Morgan fingerprint density at radius 1 is 1.13 bits per heavy atom. The van der Waals surface area contributed by atoms with Crippen molar-refractivity contribution >= 4 is 23.0 Å². The third-order valence-corrected chi connectivity index (χ3v) is 5.01. The molecule has 1 aliphatic heterocycles. The van der Waals surface area contributed by atoms with Gasteiger partial charge in [0.25, 0.3) is 5.91 Å². The van der Waals surface area contributed by atoms with E-state index in [1.807, 2.05) is 49.3 Å². The number of nitrogens with zero attached hydrogens (tertiary/aromatic N) is 5. The maximum absolute atomic E-state index is 12.9. The third kappa shape index (κ3) is 4.38. The minimum Gasteiger partial charge on any atom is -0.378 e. The van der Waals surface area contributed by atoms with Gasteiger partial charge in [-0.1, -0.05) is 12.1 Å². The molecular formula is C22H25N7O. The Morgan fingerprint density at radius 2 is 1.97 bits per heavy atom. The van der Waals surface area contributed by atoms with Crippen LogP contribution in [0.5, 0.6) is 0 Å². The van der Waals surface area contributed by atoms with Gasteiger partial charge in [-0.2, -0.15) is 0 Å². The number of benzene rings is 1. The maximum Gasteiger partial charge on any atom is 0.274 e. The Hall–Kier alpha value is -3.52. The van der Waals surface area contributed by atoms with Gasteiger partial charge in [0.2, 0.25) is 0 Å². The fourth-order valence-electron chi connectivity index (χ4n) is 3.40. The summed E-state index contributed by atoms with van der Waals surface area (Å²) in [7, 11) is 3.96. The van der Waals surface area contributed by atoms with Crippen LogP contribution in [0.25, 0.3) is 11.4 Å². The summed E-state index contributed by atoms with van der Waals surface area (Å²) in [6.45, 7) is 3.59. The van der Waals surface area contributed by atoms with Gasteiger partial charge in [0.15, 0.2) is 5.82 Å². The quantitative estimate of drug-likeness (QED) is 0.676. The molecule has 0 saturated carbocycles. The van der Waals surface area contributed by atoms with Crippen LogP contribution in [0.1, 0.15) is 10.5 Å². The summed E-state index contributed by atoms with van der Waals surface area (Å²) >= 11 is 0. The van der Waals surface area contributed by atoms with Crippen LogP contribution in [0.4, 0.5) is 17.1 Å². The number of pyridine rings is 1. The van der Waals surface area contributed by atoms with Gasteiger partial charge in [-0.25, -0.2) is 9.97 Å². The molecule has 154 valence electrons. The van der Waals surface area contributed by atoms with Gasteiger partial charge in [0, 0.05) is 63.9 Å². The molecule has 30 heavy (non-hydrogen) atoms. The van der Waals surface area contributed by atoms with E-state index in [1.165, 1.54) is 0 Å². The summed E-state index contributed by atoms with van der Waals surface area (Å²) in [5, 5.41) is 6.31. The van der Waals surface area contributed by atoms with Crippen molar-refractivity contribution in [2.45, 2.75) is 0 Å². The second-order valence-corrected chi connectivity index (χ2v) is 7.29. The van der Waals surface area contributed by atoms with Crippen molar-refractivity contribution in [2.75, 3.05) is 55.4 Å². The monoisotopic (exact) mass is 403 g/mol. The predicted octanol–water partition coefficient (Wildman–Crippen LogP) is 2.27. The van der Waals surface area contributed by atoms with Gasteiger partial charge in [0.05, 0.1) is 17.6 Å². The number of piperazine rings is 1. The van der Waals surface area contributed by atoms with Crippen molar-refractivity contribution in [3.63, 3.8) is 0 Å². The Morgan fingerprint density at radius 3 is 2.77 bits per heavy atom. The second-order valence-electron chi connectivity index (χ2n) is 7.29. The van der Waals surface area contributed by atoms with Crippen LogP contribution in [-0.2, 0) is 0 Å². The van der Waals surface area contributed by atoms with E-state index in [0.29, 0.717) is 17.2 Å². The van der Waals surface area contributed by atoms with Crippen LogP contribution >= 0.6 is 0 Å². The lowest BCUT2D eigenvalue weighted by Gasteiger charge is -2.30. The zero-order valence-electron chi connectivity index (χ0n) is 17.2. The molecular weight excluding hydrogens is 378 g/mol. The molecule has 1 aromatic carbocycles. The summed E-state index contributed by atoms with van der Waals surface area (Å²) in [4.78, 5) is 30.2. The zero-order valence-corrected chi connectivity index (χ0v) is 17.2. The minimum absolute atomic E-state index is 0.285. The number of aromatic nitrogens is 3. The molecule has 0 bridgehead atoms. The predicted molar refractivity (Wildman–Crippen MR) is 119 cm³/mol. The van der Waals surface area contributed by atoms with Crippen molar-refractivity contribution in [3.8, 4) is 11.4 Å². The van der Waals surface area contributed by atoms with Gasteiger partial charge in [-0.15, -0.1) is 0 Å². The fourth-order valence-corrected chi connectivity index (χ4v) is 3.40. The van der Waals surface area contributed by atoms with Crippen LogP contribution < -0.4 is 20.4 Å². The molecule has 3 heterocycles. The molecule has 1 saturated heterocycles. The molecule has 0 aliphatic carbocycles. The number of carbonyl (C=O) groups is 1. The van der Waals surface area contributed by atoms with E-state index in [4.69, 9.17) is 0 Å². The van der Waals surface area contributed by atoms with E-state index < -0.39 is 0 Å². The highest BCUT2D eigenvalue weighted by Crippen LogP contribution is 2.26. The molecule has 1 amide bonds. The van der Waals surface area contributed by atoms with Crippen molar-refractivity contribution in [2.24, 2.45) is 0 Å². The average molecular weight is 403 g/mol. The zero-order chi connectivity index (χ0) is 20.9. The molecule has 0 radical (unpaired) electrons. The third-order valence-electron chi connectivity index (χ3n) is 5.01. The maximum atomic E-state index is 12.9. The molecule has 0 atom stereocenters. The summed E-state index contributed by atoms with van der Waals surface area (Å²) < 4.78 is 0. The van der Waals surface area contributed by atoms with E-state index in [1.54, 1.807) is 24.7 Å². The van der Waals surface area contributed by atoms with E-state index in [-0.39, 0.29) is 5.91 Å². The Kier molecular flexibility index (Phi) is 5.85. The SMILES string of the molecule is CN(C)c1cccc(-c2nccc(C(=O)Nc3cnccc3N3CCNCC3)n2)c1. The van der Waals surface area contributed by atoms with Crippen LogP contribution in [-0.4, -0.2) is 61.1 Å². The van der Waals surface area contributed by atoms with Crippen molar-refractivity contribution < 1.29 is 4.79 Å². The molecule has 3 aromatic rings. The largest absolute Gasteiger partial charge is 0.378 e. The second kappa shape index (κ2) is 8.87. The first kappa shape index (κ1) is 19.8. The molecule has 1 fully saturated rings. The Bertz CT molecular complexity index is 1030. The first-order chi connectivity index (χ1) is 14.6. The van der Waals surface area contributed by atoms with Gasteiger partial charge >= 0.3 is 0 Å². The number of hydrogen-bond acceptors (Lipinski definition) is 7. The normalized spacial score (nSPS) is 13.7. The summed E-state index contributed by atoms with van der Waals surface area (Å²) in [6.07, 6.45) is 5.03. The highest BCUT2D eigenvalue weighted by molar-refractivity contribution is 6.04. The van der Waals surface area contributed by atoms with Gasteiger partial charge < -0.3 is 20.4 Å². The lowest BCUT2D eigenvalue weighted by molar-refractivity contribution is 0.102. The highest BCUT2D eigenvalue weighted by atomic mass is 16.1. The van der Waals surface area contributed by atoms with Gasteiger partial charge in [-0.3, -0.25) is 9.78 Å². The number of carbonyl (C=O) groups excluding carboxylic acids is 1. The molecule has 8 nitrogen and oxygen atoms in total. The Balaban J connectivity index is 1.57. The van der Waals surface area contributed by atoms with Crippen LogP contribution in [0.2, 0.25) is 0 Å². The number of nitrogens with one attached hydrogen (secondary N) is 2. The van der Waals surface area contributed by atoms with Crippen LogP contribution in [0.15, 0.2) is 55.0 Å². The number of hydrogen-bond donors (Lipinski definition) is 2. The molecule has 8 heteroatoms. The van der Waals surface area contributed by atoms with E-state index in [0.717, 1.165) is 43.1 Å². The molecule has 1 aliphatic rings. The number of rotatable bonds is 5. The first-order valence-corrected chi connectivity index (χ1v) is 9.93. The smallest absolute Gasteiger partial charge is 0.274 e. The van der Waals surface area contributed by atoms with E-state index in [2.05, 4.69) is 30.5 Å². The van der Waals surface area contributed by atoms with Crippen molar-refractivity contribution in [3.05, 3.63) is 60.7 Å². The summed E-state index contributed by atoms with van der Waals surface area (Å²) in [5.74, 6) is 0.228. The molecule has 0 spiro atoms. The lowest BCUT2D eigenvalue weighted by Crippen LogP contribution is -2.43. The molecule has 2 N–H and O–H groups in total. The average Bonchev–Trinajstić information content (AvgIpc) is 2.80. The number of amides is 1. The van der Waals surface area contributed by atoms with Crippen molar-refractivity contribution in [1.82, 2.24) is 20.3 Å². The van der Waals surface area contributed by atoms with Gasteiger partial charge in [0.1, 0.15) is 5.69 Å². The van der Waals surface area contributed by atoms with Crippen LogP contribution in [0.3, 0.4) is 0 Å². The molecule has 4 rings (SSSR count). The fraction of sp³-hybridized carbons (Fsp3) is 0.273. The summed E-state index contributed by atoms with van der Waals surface area (Å²) in [5.41, 5.74) is 3.86. The molecule has 0 unspecified atom stereocenters. The van der Waals surface area contributed by atoms with Gasteiger partial charge in [-0.05, 0) is 24.3 Å². The summed E-state index contributed by atoms with van der Waals surface area (Å²) in [6, 6.07) is 11.5. The number of anilines is 3. The van der Waals surface area contributed by atoms with Crippen molar-refractivity contribution in [1.29, 1.82) is 0 Å². The van der Waals surface area contributed by atoms with E-state index in [9.17, 15) is 4.79 Å². The van der Waals surface area contributed by atoms with E-state index >= 15 is 0 Å². The standard InChI is InChI=1S/C22H25N7O/c1-28(2)17-5-3-4-16(14-17)21-25-9-6-18(26-21)22(30)27-19-15-24-8-7-20(19)29-12-10-23-11-13-29/h3-9,14-15,23H,10-13H2,1-2H3,(H,27,30). The molecule has 2 aromatic heterocycles. The minimum atomic E-state index is -0.285. The first-order valence-electron chi connectivity index (χ1n) is 9.93. The van der Waals surface area contributed by atoms with Crippen LogP contribution in [0, 0.1) is 0 Å².